The summed E-state index contributed by atoms with van der Waals surface area (Å²) in [4.78, 5) is 3.95. The minimum atomic E-state index is -3.63. The Bertz CT molecular complexity index is 770. The van der Waals surface area contributed by atoms with E-state index in [1.165, 1.54) is 6.20 Å². The molecule has 0 aliphatic heterocycles. The molecular formula is C13H13N3O2S2. The largest absolute Gasteiger partial charge is 0.320 e. The molecule has 1 aromatic carbocycles. The van der Waals surface area contributed by atoms with Crippen LogP contribution in [0, 0.1) is 18.8 Å². The average molecular weight is 307 g/mol. The average Bonchev–Trinajstić information content (AvgIpc) is 2.85. The highest BCUT2D eigenvalue weighted by atomic mass is 32.2. The van der Waals surface area contributed by atoms with Gasteiger partial charge in [0.2, 0.25) is 0 Å². The van der Waals surface area contributed by atoms with E-state index < -0.39 is 10.0 Å². The summed E-state index contributed by atoms with van der Waals surface area (Å²) in [7, 11) is -3.63. The van der Waals surface area contributed by atoms with Crippen LogP contribution in [0.3, 0.4) is 0 Å². The maximum atomic E-state index is 12.2. The molecule has 0 spiro atoms. The predicted octanol–water partition coefficient (Wildman–Crippen LogP) is 1.56. The summed E-state index contributed by atoms with van der Waals surface area (Å²) in [5, 5.41) is 0.696. The maximum Gasteiger partial charge on any atom is 0.273 e. The van der Waals surface area contributed by atoms with Gasteiger partial charge in [-0.25, -0.2) is 13.4 Å². The van der Waals surface area contributed by atoms with Crippen molar-refractivity contribution in [1.29, 1.82) is 0 Å². The smallest absolute Gasteiger partial charge is 0.273 e. The van der Waals surface area contributed by atoms with Crippen LogP contribution in [0.15, 0.2) is 34.7 Å². The van der Waals surface area contributed by atoms with Crippen molar-refractivity contribution >= 4 is 27.0 Å². The lowest BCUT2D eigenvalue weighted by Crippen LogP contribution is -2.12. The van der Waals surface area contributed by atoms with E-state index in [1.54, 1.807) is 31.2 Å². The number of rotatable bonds is 3. The Morgan fingerprint density at radius 2 is 2.15 bits per heavy atom. The van der Waals surface area contributed by atoms with Crippen LogP contribution in [0.25, 0.3) is 0 Å². The van der Waals surface area contributed by atoms with Crippen molar-refractivity contribution in [3.8, 4) is 11.8 Å². The van der Waals surface area contributed by atoms with E-state index in [-0.39, 0.29) is 10.8 Å². The summed E-state index contributed by atoms with van der Waals surface area (Å²) in [5.74, 6) is 5.55. The zero-order chi connectivity index (χ0) is 14.6. The van der Waals surface area contributed by atoms with Crippen LogP contribution in [0.2, 0.25) is 0 Å². The van der Waals surface area contributed by atoms with Gasteiger partial charge in [0, 0.05) is 5.56 Å². The first-order valence-corrected chi connectivity index (χ1v) is 8.06. The van der Waals surface area contributed by atoms with E-state index in [2.05, 4.69) is 21.5 Å². The topological polar surface area (TPSA) is 85.1 Å². The van der Waals surface area contributed by atoms with Gasteiger partial charge in [-0.1, -0.05) is 24.0 Å². The van der Waals surface area contributed by atoms with Gasteiger partial charge in [0.25, 0.3) is 10.0 Å². The SMILES string of the molecule is Cc1ncc(S(=O)(=O)Nc2ccccc2C#CCN)s1. The molecule has 0 unspecified atom stereocenters. The summed E-state index contributed by atoms with van der Waals surface area (Å²) in [6.45, 7) is 1.97. The highest BCUT2D eigenvalue weighted by molar-refractivity contribution is 7.94. The number of anilines is 1. The van der Waals surface area contributed by atoms with Crippen molar-refractivity contribution < 1.29 is 8.42 Å². The Morgan fingerprint density at radius 3 is 2.80 bits per heavy atom. The number of nitrogens with two attached hydrogens (primary N) is 1. The maximum absolute atomic E-state index is 12.2. The number of para-hydroxylation sites is 1. The second-order valence-corrected chi connectivity index (χ2v) is 7.00. The Labute approximate surface area is 121 Å². The van der Waals surface area contributed by atoms with Gasteiger partial charge in [-0.3, -0.25) is 4.72 Å². The Morgan fingerprint density at radius 1 is 1.40 bits per heavy atom. The third-order valence-corrected chi connectivity index (χ3v) is 5.10. The Kier molecular flexibility index (Phi) is 4.39. The summed E-state index contributed by atoms with van der Waals surface area (Å²) in [6.07, 6.45) is 1.34. The van der Waals surface area contributed by atoms with Gasteiger partial charge in [0.1, 0.15) is 0 Å². The molecule has 5 nitrogen and oxygen atoms in total. The molecule has 0 atom stereocenters. The quantitative estimate of drug-likeness (QED) is 0.843. The highest BCUT2D eigenvalue weighted by Crippen LogP contribution is 2.23. The molecule has 0 fully saturated rings. The number of aromatic nitrogens is 1. The van der Waals surface area contributed by atoms with Crippen LogP contribution < -0.4 is 10.5 Å². The number of nitrogens with zero attached hydrogens (tertiary/aromatic N) is 1. The van der Waals surface area contributed by atoms with Gasteiger partial charge < -0.3 is 5.73 Å². The van der Waals surface area contributed by atoms with Gasteiger partial charge in [-0.15, -0.1) is 11.3 Å². The lowest BCUT2D eigenvalue weighted by molar-refractivity contribution is 0.603. The molecule has 2 rings (SSSR count). The number of aryl methyl sites for hydroxylation is 1. The van der Waals surface area contributed by atoms with Gasteiger partial charge >= 0.3 is 0 Å². The second kappa shape index (κ2) is 6.05. The van der Waals surface area contributed by atoms with Gasteiger partial charge in [-0.05, 0) is 19.1 Å². The fourth-order valence-electron chi connectivity index (χ4n) is 1.49. The van der Waals surface area contributed by atoms with Crippen molar-refractivity contribution in [1.82, 2.24) is 4.98 Å². The molecule has 0 saturated heterocycles. The number of thiazole rings is 1. The molecule has 20 heavy (non-hydrogen) atoms. The minimum Gasteiger partial charge on any atom is -0.320 e. The molecule has 0 aliphatic carbocycles. The van der Waals surface area contributed by atoms with E-state index in [0.717, 1.165) is 11.3 Å². The first-order chi connectivity index (χ1) is 9.53. The lowest BCUT2D eigenvalue weighted by Gasteiger charge is -2.07. The van der Waals surface area contributed by atoms with Crippen molar-refractivity contribution in [2.45, 2.75) is 11.1 Å². The van der Waals surface area contributed by atoms with Gasteiger partial charge in [-0.2, -0.15) is 0 Å². The van der Waals surface area contributed by atoms with Gasteiger partial charge in [0.15, 0.2) is 4.21 Å². The van der Waals surface area contributed by atoms with Crippen LogP contribution in [-0.4, -0.2) is 19.9 Å². The molecule has 0 aliphatic rings. The van der Waals surface area contributed by atoms with E-state index in [0.29, 0.717) is 16.3 Å². The zero-order valence-corrected chi connectivity index (χ0v) is 12.4. The normalized spacial score (nSPS) is 10.7. The van der Waals surface area contributed by atoms with Gasteiger partial charge in [0.05, 0.1) is 23.4 Å². The molecule has 0 bridgehead atoms. The van der Waals surface area contributed by atoms with Crippen molar-refractivity contribution in [3.63, 3.8) is 0 Å². The number of benzene rings is 1. The Hall–Kier alpha value is -1.88. The fourth-order valence-corrected chi connectivity index (χ4v) is 3.68. The third kappa shape index (κ3) is 3.36. The summed E-state index contributed by atoms with van der Waals surface area (Å²) in [5.41, 5.74) is 6.34. The fraction of sp³-hybridized carbons (Fsp3) is 0.154. The van der Waals surface area contributed by atoms with Crippen molar-refractivity contribution in [2.75, 3.05) is 11.3 Å². The molecular weight excluding hydrogens is 294 g/mol. The molecule has 0 amide bonds. The number of sulfonamides is 1. The number of hydrogen-bond acceptors (Lipinski definition) is 5. The van der Waals surface area contributed by atoms with Crippen LogP contribution >= 0.6 is 11.3 Å². The third-order valence-electron chi connectivity index (χ3n) is 2.36. The summed E-state index contributed by atoms with van der Waals surface area (Å²) in [6, 6.07) is 6.92. The molecule has 3 N–H and O–H groups in total. The standard InChI is InChI=1S/C13H13N3O2S2/c1-10-15-9-13(19-10)20(17,18)16-12-7-3-2-5-11(12)6-4-8-14/h2-3,5,7,9,16H,8,14H2,1H3. The first kappa shape index (κ1) is 14.5. The summed E-state index contributed by atoms with van der Waals surface area (Å²) >= 11 is 1.12. The summed E-state index contributed by atoms with van der Waals surface area (Å²) < 4.78 is 27.2. The molecule has 0 radical (unpaired) electrons. The predicted molar refractivity (Wildman–Crippen MR) is 80.0 cm³/mol. The number of hydrogen-bond donors (Lipinski definition) is 2. The van der Waals surface area contributed by atoms with Crippen molar-refractivity contribution in [3.05, 3.63) is 41.0 Å². The van der Waals surface area contributed by atoms with E-state index >= 15 is 0 Å². The number of nitrogens with one attached hydrogen (secondary N) is 1. The molecule has 1 aromatic heterocycles. The van der Waals surface area contributed by atoms with E-state index in [1.807, 2.05) is 0 Å². The van der Waals surface area contributed by atoms with E-state index in [9.17, 15) is 8.42 Å². The van der Waals surface area contributed by atoms with Crippen molar-refractivity contribution in [2.24, 2.45) is 5.73 Å². The highest BCUT2D eigenvalue weighted by Gasteiger charge is 2.18. The first-order valence-electron chi connectivity index (χ1n) is 5.76. The van der Waals surface area contributed by atoms with Crippen LogP contribution in [-0.2, 0) is 10.0 Å². The molecule has 104 valence electrons. The lowest BCUT2D eigenvalue weighted by atomic mass is 10.2. The van der Waals surface area contributed by atoms with Crippen LogP contribution in [0.5, 0.6) is 0 Å². The zero-order valence-electron chi connectivity index (χ0n) is 10.8. The molecule has 2 aromatic rings. The van der Waals surface area contributed by atoms with Crippen LogP contribution in [0.1, 0.15) is 10.6 Å². The molecule has 0 saturated carbocycles. The van der Waals surface area contributed by atoms with E-state index in [4.69, 9.17) is 5.73 Å². The monoisotopic (exact) mass is 307 g/mol. The van der Waals surface area contributed by atoms with Crippen LogP contribution in [0.4, 0.5) is 5.69 Å². The second-order valence-electron chi connectivity index (χ2n) is 3.86. The Balaban J connectivity index is 2.35. The molecule has 1 heterocycles. The minimum absolute atomic E-state index is 0.177. The molecule has 7 heteroatoms.